The first-order valence-corrected chi connectivity index (χ1v) is 8.85. The van der Waals surface area contributed by atoms with Crippen LogP contribution in [0.5, 0.6) is 0 Å². The van der Waals surface area contributed by atoms with E-state index in [1.807, 2.05) is 7.11 Å². The van der Waals surface area contributed by atoms with Gasteiger partial charge in [-0.1, -0.05) is 13.0 Å². The molecule has 1 saturated heterocycles. The highest BCUT2D eigenvalue weighted by Crippen LogP contribution is 2.47. The summed E-state index contributed by atoms with van der Waals surface area (Å²) in [5, 5.41) is 2.08. The van der Waals surface area contributed by atoms with Crippen molar-refractivity contribution in [3.63, 3.8) is 0 Å². The minimum absolute atomic E-state index is 0.261. The van der Waals surface area contributed by atoms with Gasteiger partial charge in [-0.2, -0.15) is 0 Å². The molecule has 1 saturated carbocycles. The van der Waals surface area contributed by atoms with Crippen LogP contribution in [0.15, 0.2) is 17.5 Å². The molecule has 1 aliphatic carbocycles. The number of carbonyl (C=O) groups is 1. The molecule has 1 aromatic heterocycles. The van der Waals surface area contributed by atoms with E-state index in [2.05, 4.69) is 29.3 Å². The van der Waals surface area contributed by atoms with Crippen molar-refractivity contribution in [1.82, 2.24) is 4.90 Å². The van der Waals surface area contributed by atoms with E-state index in [1.165, 1.54) is 4.88 Å². The van der Waals surface area contributed by atoms with Crippen LogP contribution in [0, 0.1) is 5.41 Å². The molecule has 0 N–H and O–H groups in total. The fraction of sp³-hybridized carbons (Fsp3) is 0.706. The van der Waals surface area contributed by atoms with Crippen LogP contribution in [0.1, 0.15) is 43.9 Å². The number of nitrogens with zero attached hydrogens (tertiary/aromatic N) is 1. The molecular weight excluding hydrogens is 282 g/mol. The topological polar surface area (TPSA) is 29.5 Å². The number of hydrogen-bond donors (Lipinski definition) is 0. The molecule has 1 amide bonds. The van der Waals surface area contributed by atoms with E-state index in [0.29, 0.717) is 24.5 Å². The van der Waals surface area contributed by atoms with Gasteiger partial charge in [0.2, 0.25) is 5.91 Å². The van der Waals surface area contributed by atoms with Gasteiger partial charge in [0.25, 0.3) is 0 Å². The van der Waals surface area contributed by atoms with Gasteiger partial charge in [0, 0.05) is 31.0 Å². The monoisotopic (exact) mass is 307 g/mol. The van der Waals surface area contributed by atoms with Gasteiger partial charge < -0.3 is 9.64 Å². The molecule has 4 heteroatoms. The molecule has 0 bridgehead atoms. The molecule has 0 aromatic carbocycles. The van der Waals surface area contributed by atoms with Crippen LogP contribution in [-0.2, 0) is 16.0 Å². The van der Waals surface area contributed by atoms with Crippen LogP contribution in [0.4, 0.5) is 0 Å². The lowest BCUT2D eigenvalue weighted by Crippen LogP contribution is -2.46. The summed E-state index contributed by atoms with van der Waals surface area (Å²) in [6, 6.07) is 4.61. The minimum Gasteiger partial charge on any atom is -0.381 e. The molecule has 2 aliphatic rings. The highest BCUT2D eigenvalue weighted by atomic mass is 32.1. The Morgan fingerprint density at radius 2 is 2.38 bits per heavy atom. The van der Waals surface area contributed by atoms with Crippen molar-refractivity contribution >= 4 is 17.2 Å². The number of aryl methyl sites for hydroxylation is 1. The number of amides is 1. The average Bonchev–Trinajstić information content (AvgIpc) is 3.10. The number of rotatable bonds is 4. The second-order valence-corrected chi connectivity index (χ2v) is 7.76. The number of thiophene rings is 1. The van der Waals surface area contributed by atoms with Gasteiger partial charge in [-0.25, -0.2) is 0 Å². The van der Waals surface area contributed by atoms with Crippen LogP contribution >= 0.6 is 11.3 Å². The maximum atomic E-state index is 12.6. The van der Waals surface area contributed by atoms with Crippen LogP contribution in [0.25, 0.3) is 0 Å². The highest BCUT2D eigenvalue weighted by molar-refractivity contribution is 7.09. The zero-order valence-electron chi connectivity index (χ0n) is 13.0. The van der Waals surface area contributed by atoms with Gasteiger partial charge in [-0.15, -0.1) is 11.3 Å². The summed E-state index contributed by atoms with van der Waals surface area (Å²) >= 11 is 1.75. The quantitative estimate of drug-likeness (QED) is 0.852. The molecule has 2 heterocycles. The number of hydrogen-bond acceptors (Lipinski definition) is 3. The van der Waals surface area contributed by atoms with Crippen molar-refractivity contribution in [1.29, 1.82) is 0 Å². The Balaban J connectivity index is 1.60. The normalized spacial score (nSPS) is 32.2. The third-order valence-corrected chi connectivity index (χ3v) is 6.32. The molecule has 1 aliphatic heterocycles. The van der Waals surface area contributed by atoms with Crippen molar-refractivity contribution in [2.24, 2.45) is 5.41 Å². The predicted molar refractivity (Wildman–Crippen MR) is 85.5 cm³/mol. The first-order chi connectivity index (χ1) is 10.1. The minimum atomic E-state index is 0.261. The van der Waals surface area contributed by atoms with Crippen LogP contribution in [-0.4, -0.2) is 36.6 Å². The number of ether oxygens (including phenoxy) is 1. The average molecular weight is 307 g/mol. The summed E-state index contributed by atoms with van der Waals surface area (Å²) in [6.07, 6.45) is 6.33. The first-order valence-electron chi connectivity index (χ1n) is 7.97. The van der Waals surface area contributed by atoms with Crippen LogP contribution < -0.4 is 0 Å². The molecule has 0 unspecified atom stereocenters. The van der Waals surface area contributed by atoms with Crippen molar-refractivity contribution in [2.75, 3.05) is 13.7 Å². The standard InChI is InChI=1S/C17H25NO2S/c1-17-9-10-18(15(17)7-5-13(12-17)20-2)16(19)8-6-14-4-3-11-21-14/h3-4,11,13,15H,5-10,12H2,1-2H3/t13-,15-,17+/m1/s1. The maximum absolute atomic E-state index is 12.6. The molecule has 21 heavy (non-hydrogen) atoms. The molecule has 1 aromatic rings. The predicted octanol–water partition coefficient (Wildman–Crippen LogP) is 3.49. The summed E-state index contributed by atoms with van der Waals surface area (Å²) in [5.74, 6) is 0.341. The van der Waals surface area contributed by atoms with E-state index >= 15 is 0 Å². The van der Waals surface area contributed by atoms with Crippen molar-refractivity contribution in [2.45, 2.75) is 57.6 Å². The fourth-order valence-electron chi connectivity index (χ4n) is 4.11. The molecule has 3 atom stereocenters. The smallest absolute Gasteiger partial charge is 0.223 e. The third-order valence-electron chi connectivity index (χ3n) is 5.38. The van der Waals surface area contributed by atoms with Crippen molar-refractivity contribution < 1.29 is 9.53 Å². The molecule has 116 valence electrons. The Bertz CT molecular complexity index is 487. The maximum Gasteiger partial charge on any atom is 0.223 e. The summed E-state index contributed by atoms with van der Waals surface area (Å²) < 4.78 is 5.55. The number of fused-ring (bicyclic) bond motifs is 1. The summed E-state index contributed by atoms with van der Waals surface area (Å²) in [5.41, 5.74) is 0.261. The third kappa shape index (κ3) is 3.02. The molecule has 0 radical (unpaired) electrons. The fourth-order valence-corrected chi connectivity index (χ4v) is 4.82. The summed E-state index contributed by atoms with van der Waals surface area (Å²) in [7, 11) is 1.81. The molecule has 3 rings (SSSR count). The lowest BCUT2D eigenvalue weighted by Gasteiger charge is -2.42. The number of carbonyl (C=O) groups excluding carboxylic acids is 1. The van der Waals surface area contributed by atoms with Crippen molar-refractivity contribution in [3.8, 4) is 0 Å². The van der Waals surface area contributed by atoms with Crippen LogP contribution in [0.2, 0.25) is 0 Å². The Labute approximate surface area is 131 Å². The lowest BCUT2D eigenvalue weighted by molar-refractivity contribution is -0.134. The van der Waals surface area contributed by atoms with Crippen molar-refractivity contribution in [3.05, 3.63) is 22.4 Å². The van der Waals surface area contributed by atoms with E-state index in [0.717, 1.165) is 38.6 Å². The molecule has 2 fully saturated rings. The first kappa shape index (κ1) is 15.0. The zero-order valence-corrected chi connectivity index (χ0v) is 13.8. The van der Waals surface area contributed by atoms with Gasteiger partial charge in [0.15, 0.2) is 0 Å². The van der Waals surface area contributed by atoms with E-state index in [-0.39, 0.29) is 5.41 Å². The number of methoxy groups -OCH3 is 1. The van der Waals surface area contributed by atoms with E-state index in [1.54, 1.807) is 11.3 Å². The van der Waals surface area contributed by atoms with Crippen LogP contribution in [0.3, 0.4) is 0 Å². The SMILES string of the molecule is CO[C@@H]1CC[C@H]2N(C(=O)CCc3cccs3)CC[C@@]2(C)C1. The Morgan fingerprint density at radius 3 is 3.10 bits per heavy atom. The lowest BCUT2D eigenvalue weighted by atomic mass is 9.71. The zero-order chi connectivity index (χ0) is 14.9. The van der Waals surface area contributed by atoms with Gasteiger partial charge in [0.05, 0.1) is 6.10 Å². The van der Waals surface area contributed by atoms with Gasteiger partial charge in [0.1, 0.15) is 0 Å². The van der Waals surface area contributed by atoms with E-state index in [4.69, 9.17) is 4.74 Å². The molecule has 3 nitrogen and oxygen atoms in total. The second-order valence-electron chi connectivity index (χ2n) is 6.73. The Morgan fingerprint density at radius 1 is 1.52 bits per heavy atom. The Kier molecular flexibility index (Phi) is 4.36. The van der Waals surface area contributed by atoms with E-state index in [9.17, 15) is 4.79 Å². The summed E-state index contributed by atoms with van der Waals surface area (Å²) in [4.78, 5) is 16.1. The van der Waals surface area contributed by atoms with Gasteiger partial charge in [-0.05, 0) is 49.0 Å². The largest absolute Gasteiger partial charge is 0.381 e. The highest BCUT2D eigenvalue weighted by Gasteiger charge is 2.48. The van der Waals surface area contributed by atoms with Gasteiger partial charge in [-0.3, -0.25) is 4.79 Å². The molecular formula is C17H25NO2S. The second kappa shape index (κ2) is 6.09. The molecule has 0 spiro atoms. The van der Waals surface area contributed by atoms with Gasteiger partial charge >= 0.3 is 0 Å². The Hall–Kier alpha value is -0.870. The van der Waals surface area contributed by atoms with E-state index < -0.39 is 0 Å². The summed E-state index contributed by atoms with van der Waals surface area (Å²) in [6.45, 7) is 3.27. The number of likely N-dealkylation sites (tertiary alicyclic amines) is 1.